The van der Waals surface area contributed by atoms with Gasteiger partial charge in [-0.1, -0.05) is 29.8 Å². The summed E-state index contributed by atoms with van der Waals surface area (Å²) in [5, 5.41) is 3.64. The molecule has 0 saturated carbocycles. The van der Waals surface area contributed by atoms with Crippen LogP contribution in [0.25, 0.3) is 0 Å². The molecule has 0 fully saturated rings. The normalized spacial score (nSPS) is 14.3. The van der Waals surface area contributed by atoms with Crippen LogP contribution in [0.4, 0.5) is 0 Å². The molecule has 1 heterocycles. The molecule has 1 aromatic heterocycles. The van der Waals surface area contributed by atoms with Gasteiger partial charge in [0.1, 0.15) is 5.76 Å². The van der Waals surface area contributed by atoms with E-state index in [1.54, 1.807) is 6.26 Å². The van der Waals surface area contributed by atoms with Crippen molar-refractivity contribution in [2.75, 3.05) is 0 Å². The summed E-state index contributed by atoms with van der Waals surface area (Å²) < 4.78 is 5.36. The SMILES string of the molecule is Cc1ccc([C@H](C)N[C@@H](C)CCc2ccco2)cc1. The average Bonchev–Trinajstić information content (AvgIpc) is 2.90. The number of nitrogens with one attached hydrogen (secondary N) is 1. The third-order valence-corrected chi connectivity index (χ3v) is 3.52. The van der Waals surface area contributed by atoms with E-state index in [1.807, 2.05) is 12.1 Å². The van der Waals surface area contributed by atoms with Crippen LogP contribution in [0.15, 0.2) is 47.1 Å². The first-order valence-corrected chi connectivity index (χ1v) is 7.00. The minimum absolute atomic E-state index is 0.382. The van der Waals surface area contributed by atoms with Crippen molar-refractivity contribution in [2.24, 2.45) is 0 Å². The van der Waals surface area contributed by atoms with Crippen molar-refractivity contribution in [1.29, 1.82) is 0 Å². The van der Waals surface area contributed by atoms with Gasteiger partial charge in [0, 0.05) is 18.5 Å². The zero-order valence-corrected chi connectivity index (χ0v) is 12.0. The first kappa shape index (κ1) is 13.9. The van der Waals surface area contributed by atoms with Crippen LogP contribution in [0.5, 0.6) is 0 Å². The summed E-state index contributed by atoms with van der Waals surface area (Å²) in [5.41, 5.74) is 2.65. The summed E-state index contributed by atoms with van der Waals surface area (Å²) in [6, 6.07) is 13.6. The lowest BCUT2D eigenvalue weighted by atomic mass is 10.0. The number of rotatable bonds is 6. The van der Waals surface area contributed by atoms with Crippen LogP contribution < -0.4 is 5.32 Å². The molecule has 2 aromatic rings. The molecule has 102 valence electrons. The van der Waals surface area contributed by atoms with Crippen LogP contribution in [0, 0.1) is 6.92 Å². The summed E-state index contributed by atoms with van der Waals surface area (Å²) in [7, 11) is 0. The Morgan fingerprint density at radius 2 is 1.84 bits per heavy atom. The van der Waals surface area contributed by atoms with E-state index < -0.39 is 0 Å². The molecule has 2 atom stereocenters. The van der Waals surface area contributed by atoms with Gasteiger partial charge in [-0.3, -0.25) is 0 Å². The number of hydrogen-bond donors (Lipinski definition) is 1. The highest BCUT2D eigenvalue weighted by atomic mass is 16.3. The van der Waals surface area contributed by atoms with E-state index in [0.717, 1.165) is 18.6 Å². The van der Waals surface area contributed by atoms with Gasteiger partial charge in [-0.2, -0.15) is 0 Å². The fourth-order valence-electron chi connectivity index (χ4n) is 2.28. The maximum Gasteiger partial charge on any atom is 0.103 e. The van der Waals surface area contributed by atoms with Crippen LogP contribution in [-0.2, 0) is 6.42 Å². The minimum atomic E-state index is 0.382. The molecular weight excluding hydrogens is 234 g/mol. The van der Waals surface area contributed by atoms with Crippen molar-refractivity contribution in [1.82, 2.24) is 5.32 Å². The summed E-state index contributed by atoms with van der Waals surface area (Å²) in [6.45, 7) is 6.57. The van der Waals surface area contributed by atoms with Crippen LogP contribution >= 0.6 is 0 Å². The fraction of sp³-hybridized carbons (Fsp3) is 0.412. The molecule has 1 aromatic carbocycles. The highest BCUT2D eigenvalue weighted by Crippen LogP contribution is 2.15. The zero-order valence-electron chi connectivity index (χ0n) is 12.0. The molecule has 0 amide bonds. The summed E-state index contributed by atoms with van der Waals surface area (Å²) in [4.78, 5) is 0. The van der Waals surface area contributed by atoms with Crippen molar-refractivity contribution in [3.05, 3.63) is 59.5 Å². The first-order valence-electron chi connectivity index (χ1n) is 7.00. The zero-order chi connectivity index (χ0) is 13.7. The molecule has 0 spiro atoms. The molecular formula is C17H23NO. The highest BCUT2D eigenvalue weighted by Gasteiger charge is 2.09. The quantitative estimate of drug-likeness (QED) is 0.836. The molecule has 2 nitrogen and oxygen atoms in total. The molecule has 0 saturated heterocycles. The van der Waals surface area contributed by atoms with E-state index in [2.05, 4.69) is 50.4 Å². The third kappa shape index (κ3) is 4.25. The fourth-order valence-corrected chi connectivity index (χ4v) is 2.28. The maximum atomic E-state index is 5.36. The lowest BCUT2D eigenvalue weighted by Crippen LogP contribution is -2.29. The standard InChI is InChI=1S/C17H23NO/c1-13-6-9-16(10-7-13)15(3)18-14(2)8-11-17-5-4-12-19-17/h4-7,9-10,12,14-15,18H,8,11H2,1-3H3/t14-,15-/m0/s1. The third-order valence-electron chi connectivity index (χ3n) is 3.52. The van der Waals surface area contributed by atoms with Crippen molar-refractivity contribution in [3.63, 3.8) is 0 Å². The summed E-state index contributed by atoms with van der Waals surface area (Å²) >= 11 is 0. The largest absolute Gasteiger partial charge is 0.469 e. The lowest BCUT2D eigenvalue weighted by molar-refractivity contribution is 0.430. The molecule has 0 unspecified atom stereocenters. The minimum Gasteiger partial charge on any atom is -0.469 e. The van der Waals surface area contributed by atoms with Crippen molar-refractivity contribution >= 4 is 0 Å². The molecule has 19 heavy (non-hydrogen) atoms. The topological polar surface area (TPSA) is 25.2 Å². The molecule has 2 rings (SSSR count). The Kier molecular flexibility index (Phi) is 4.80. The van der Waals surface area contributed by atoms with Crippen LogP contribution in [0.2, 0.25) is 0 Å². The predicted molar refractivity (Wildman–Crippen MR) is 79.2 cm³/mol. The van der Waals surface area contributed by atoms with Crippen LogP contribution in [0.1, 0.15) is 43.2 Å². The van der Waals surface area contributed by atoms with E-state index >= 15 is 0 Å². The Morgan fingerprint density at radius 1 is 1.11 bits per heavy atom. The summed E-state index contributed by atoms with van der Waals surface area (Å²) in [6.07, 6.45) is 3.81. The second-order valence-corrected chi connectivity index (χ2v) is 5.32. The van der Waals surface area contributed by atoms with Gasteiger partial charge in [-0.25, -0.2) is 0 Å². The average molecular weight is 257 g/mol. The lowest BCUT2D eigenvalue weighted by Gasteiger charge is -2.20. The Bertz CT molecular complexity index is 472. The van der Waals surface area contributed by atoms with Gasteiger partial charge in [0.05, 0.1) is 6.26 Å². The molecule has 2 heteroatoms. The molecule has 0 aliphatic carbocycles. The van der Waals surface area contributed by atoms with Gasteiger partial charge in [-0.15, -0.1) is 0 Å². The monoisotopic (exact) mass is 257 g/mol. The Morgan fingerprint density at radius 3 is 2.47 bits per heavy atom. The second kappa shape index (κ2) is 6.58. The van der Waals surface area contributed by atoms with Gasteiger partial charge in [0.25, 0.3) is 0 Å². The smallest absolute Gasteiger partial charge is 0.103 e. The second-order valence-electron chi connectivity index (χ2n) is 5.32. The molecule has 0 bridgehead atoms. The maximum absolute atomic E-state index is 5.36. The highest BCUT2D eigenvalue weighted by molar-refractivity contribution is 5.23. The molecule has 1 N–H and O–H groups in total. The van der Waals surface area contributed by atoms with E-state index in [9.17, 15) is 0 Å². The summed E-state index contributed by atoms with van der Waals surface area (Å²) in [5.74, 6) is 1.07. The van der Waals surface area contributed by atoms with Gasteiger partial charge in [-0.05, 0) is 44.9 Å². The van der Waals surface area contributed by atoms with Gasteiger partial charge in [0.15, 0.2) is 0 Å². The van der Waals surface area contributed by atoms with E-state index in [1.165, 1.54) is 11.1 Å². The molecule has 0 aliphatic rings. The number of furan rings is 1. The first-order chi connectivity index (χ1) is 9.15. The van der Waals surface area contributed by atoms with E-state index in [4.69, 9.17) is 4.42 Å². The van der Waals surface area contributed by atoms with Crippen molar-refractivity contribution in [3.8, 4) is 0 Å². The van der Waals surface area contributed by atoms with Gasteiger partial charge < -0.3 is 9.73 Å². The Balaban J connectivity index is 1.81. The van der Waals surface area contributed by atoms with Crippen LogP contribution in [-0.4, -0.2) is 6.04 Å². The van der Waals surface area contributed by atoms with Gasteiger partial charge in [0.2, 0.25) is 0 Å². The Hall–Kier alpha value is -1.54. The van der Waals surface area contributed by atoms with Crippen molar-refractivity contribution < 1.29 is 4.42 Å². The number of benzene rings is 1. The molecule has 0 radical (unpaired) electrons. The van der Waals surface area contributed by atoms with Crippen LogP contribution in [0.3, 0.4) is 0 Å². The number of hydrogen-bond acceptors (Lipinski definition) is 2. The molecule has 0 aliphatic heterocycles. The van der Waals surface area contributed by atoms with Gasteiger partial charge >= 0.3 is 0 Å². The number of aryl methyl sites for hydroxylation is 2. The predicted octanol–water partition coefficient (Wildman–Crippen LogP) is 4.26. The van der Waals surface area contributed by atoms with Crippen molar-refractivity contribution in [2.45, 2.75) is 45.7 Å². The van der Waals surface area contributed by atoms with E-state index in [0.29, 0.717) is 12.1 Å². The Labute approximate surface area is 115 Å². The van der Waals surface area contributed by atoms with E-state index in [-0.39, 0.29) is 0 Å².